The van der Waals surface area contributed by atoms with Crippen LogP contribution in [0.1, 0.15) is 45.6 Å². The number of hydrogen-bond donors (Lipinski definition) is 4. The van der Waals surface area contributed by atoms with E-state index in [9.17, 15) is 24.0 Å². The van der Waals surface area contributed by atoms with E-state index in [4.69, 9.17) is 9.52 Å². The number of anilines is 1. The molecule has 0 saturated heterocycles. The summed E-state index contributed by atoms with van der Waals surface area (Å²) in [4.78, 5) is 59.7. The Morgan fingerprint density at radius 3 is 2.36 bits per heavy atom. The van der Waals surface area contributed by atoms with Crippen molar-refractivity contribution in [2.75, 3.05) is 5.32 Å². The van der Waals surface area contributed by atoms with Gasteiger partial charge in [-0.25, -0.2) is 4.79 Å². The van der Waals surface area contributed by atoms with E-state index in [1.165, 1.54) is 19.1 Å². The summed E-state index contributed by atoms with van der Waals surface area (Å²) < 4.78 is 5.18. The van der Waals surface area contributed by atoms with Crippen molar-refractivity contribution in [1.82, 2.24) is 10.6 Å². The maximum atomic E-state index is 12.8. The molecule has 1 aromatic heterocycles. The lowest BCUT2D eigenvalue weighted by molar-refractivity contribution is -0.139. The van der Waals surface area contributed by atoms with Crippen LogP contribution in [0.5, 0.6) is 0 Å². The Morgan fingerprint density at radius 2 is 1.73 bits per heavy atom. The molecule has 0 unspecified atom stereocenters. The molecular weight excluding hydrogens is 430 g/mol. The third-order valence-electron chi connectivity index (χ3n) is 5.35. The zero-order chi connectivity index (χ0) is 24.7. The van der Waals surface area contributed by atoms with Crippen molar-refractivity contribution in [3.05, 3.63) is 40.2 Å². The first-order valence-electron chi connectivity index (χ1n) is 10.7. The quantitative estimate of drug-likeness (QED) is 0.396. The number of amides is 3. The number of hydrogen-bond acceptors (Lipinski definition) is 6. The first kappa shape index (κ1) is 25.6. The maximum absolute atomic E-state index is 12.8. The molecule has 0 aliphatic heterocycles. The number of carboxylic acids is 1. The van der Waals surface area contributed by atoms with Crippen LogP contribution >= 0.6 is 0 Å². The largest absolute Gasteiger partial charge is 0.481 e. The summed E-state index contributed by atoms with van der Waals surface area (Å²) in [5.41, 5.74) is 0.977. The molecule has 2 aromatic rings. The number of fused-ring (bicyclic) bond motifs is 1. The van der Waals surface area contributed by atoms with Gasteiger partial charge in [-0.05, 0) is 37.5 Å². The van der Waals surface area contributed by atoms with Gasteiger partial charge in [0, 0.05) is 29.6 Å². The highest BCUT2D eigenvalue weighted by Crippen LogP contribution is 2.21. The molecule has 0 aliphatic rings. The molecule has 0 radical (unpaired) electrons. The first-order chi connectivity index (χ1) is 15.5. The summed E-state index contributed by atoms with van der Waals surface area (Å²) in [6.45, 7) is 6.91. The number of aryl methyl sites for hydroxylation is 1. The van der Waals surface area contributed by atoms with E-state index in [-0.39, 0.29) is 18.8 Å². The van der Waals surface area contributed by atoms with Crippen LogP contribution in [0.2, 0.25) is 0 Å². The van der Waals surface area contributed by atoms with Crippen molar-refractivity contribution in [2.24, 2.45) is 5.92 Å². The highest BCUT2D eigenvalue weighted by Gasteiger charge is 2.28. The molecule has 1 aromatic carbocycles. The van der Waals surface area contributed by atoms with Crippen LogP contribution in [-0.2, 0) is 19.2 Å². The molecule has 4 N–H and O–H groups in total. The zero-order valence-corrected chi connectivity index (χ0v) is 19.1. The van der Waals surface area contributed by atoms with Gasteiger partial charge in [-0.1, -0.05) is 20.3 Å². The molecule has 3 amide bonds. The van der Waals surface area contributed by atoms with Crippen LogP contribution in [0.25, 0.3) is 11.0 Å². The van der Waals surface area contributed by atoms with Crippen molar-refractivity contribution in [3.63, 3.8) is 0 Å². The number of benzene rings is 1. The molecule has 0 fully saturated rings. The predicted octanol–water partition coefficient (Wildman–Crippen LogP) is 1.94. The molecule has 3 atom stereocenters. The number of carbonyl (C=O) groups is 4. The summed E-state index contributed by atoms with van der Waals surface area (Å²) >= 11 is 0. The fourth-order valence-corrected chi connectivity index (χ4v) is 3.19. The molecule has 1 heterocycles. The van der Waals surface area contributed by atoms with E-state index in [1.807, 2.05) is 6.92 Å². The third-order valence-corrected chi connectivity index (χ3v) is 5.35. The van der Waals surface area contributed by atoms with E-state index in [0.29, 0.717) is 17.7 Å². The molecule has 10 heteroatoms. The molecule has 0 aliphatic carbocycles. The van der Waals surface area contributed by atoms with Gasteiger partial charge in [0.15, 0.2) is 0 Å². The highest BCUT2D eigenvalue weighted by molar-refractivity contribution is 5.99. The molecular formula is C23H29N3O7. The Labute approximate surface area is 190 Å². The van der Waals surface area contributed by atoms with Crippen molar-refractivity contribution in [2.45, 2.75) is 59.0 Å². The van der Waals surface area contributed by atoms with E-state index in [2.05, 4.69) is 16.0 Å². The standard InChI is InChI=1S/C23H29N3O7/c1-5-12(2)21(26-18(27)8-9-19(28)29)23(32)24-14(4)22(31)25-15-6-7-16-13(3)10-20(30)33-17(16)11-15/h6-7,10-12,14,21H,5,8-9H2,1-4H3,(H,24,32)(H,25,31)(H,26,27)(H,28,29)/t12-,14+,21+/m0/s1. The summed E-state index contributed by atoms with van der Waals surface area (Å²) in [6, 6.07) is 4.45. The summed E-state index contributed by atoms with van der Waals surface area (Å²) in [7, 11) is 0. The smallest absolute Gasteiger partial charge is 0.336 e. The van der Waals surface area contributed by atoms with Crippen LogP contribution in [0.15, 0.2) is 33.5 Å². The van der Waals surface area contributed by atoms with Gasteiger partial charge in [0.25, 0.3) is 0 Å². The topological polar surface area (TPSA) is 155 Å². The SMILES string of the molecule is CC[C@H](C)[C@@H](NC(=O)CCC(=O)O)C(=O)N[C@H](C)C(=O)Nc1ccc2c(C)cc(=O)oc2c1. The van der Waals surface area contributed by atoms with Crippen LogP contribution < -0.4 is 21.6 Å². The minimum absolute atomic E-state index is 0.235. The molecule has 10 nitrogen and oxygen atoms in total. The van der Waals surface area contributed by atoms with Crippen LogP contribution in [-0.4, -0.2) is 40.9 Å². The molecule has 0 spiro atoms. The fourth-order valence-electron chi connectivity index (χ4n) is 3.19. The van der Waals surface area contributed by atoms with Crippen molar-refractivity contribution in [3.8, 4) is 0 Å². The second-order valence-corrected chi connectivity index (χ2v) is 8.00. The van der Waals surface area contributed by atoms with E-state index in [0.717, 1.165) is 10.9 Å². The first-order valence-corrected chi connectivity index (χ1v) is 10.7. The molecule has 2 rings (SSSR count). The summed E-state index contributed by atoms with van der Waals surface area (Å²) in [5.74, 6) is -2.94. The number of rotatable bonds is 10. The van der Waals surface area contributed by atoms with Crippen molar-refractivity contribution >= 4 is 40.3 Å². The Balaban J connectivity index is 2.05. The van der Waals surface area contributed by atoms with Gasteiger partial charge < -0.3 is 25.5 Å². The van der Waals surface area contributed by atoms with Gasteiger partial charge in [0.1, 0.15) is 17.7 Å². The summed E-state index contributed by atoms with van der Waals surface area (Å²) in [6.07, 6.45) is -0.00632. The normalized spacial score (nSPS) is 13.6. The van der Waals surface area contributed by atoms with E-state index < -0.39 is 41.4 Å². The Morgan fingerprint density at radius 1 is 1.03 bits per heavy atom. The second-order valence-electron chi connectivity index (χ2n) is 8.00. The third kappa shape index (κ3) is 7.16. The summed E-state index contributed by atoms with van der Waals surface area (Å²) in [5, 5.41) is 17.3. The second kappa shape index (κ2) is 11.3. The van der Waals surface area contributed by atoms with Gasteiger partial charge in [0.05, 0.1) is 6.42 Å². The maximum Gasteiger partial charge on any atom is 0.336 e. The van der Waals surface area contributed by atoms with E-state index in [1.54, 1.807) is 26.0 Å². The highest BCUT2D eigenvalue weighted by atomic mass is 16.4. The van der Waals surface area contributed by atoms with Gasteiger partial charge in [0.2, 0.25) is 17.7 Å². The number of carbonyl (C=O) groups excluding carboxylic acids is 3. The lowest BCUT2D eigenvalue weighted by atomic mass is 9.97. The number of carboxylic acid groups (broad SMARTS) is 1. The monoisotopic (exact) mass is 459 g/mol. The van der Waals surface area contributed by atoms with E-state index >= 15 is 0 Å². The molecule has 178 valence electrons. The molecule has 0 saturated carbocycles. The van der Waals surface area contributed by atoms with Crippen molar-refractivity contribution in [1.29, 1.82) is 0 Å². The van der Waals surface area contributed by atoms with Crippen LogP contribution in [0.3, 0.4) is 0 Å². The predicted molar refractivity (Wildman–Crippen MR) is 122 cm³/mol. The Bertz CT molecular complexity index is 1110. The minimum Gasteiger partial charge on any atom is -0.481 e. The Kier molecular flexibility index (Phi) is 8.72. The zero-order valence-electron chi connectivity index (χ0n) is 19.1. The average Bonchev–Trinajstić information content (AvgIpc) is 2.74. The fraction of sp³-hybridized carbons (Fsp3) is 0.435. The van der Waals surface area contributed by atoms with Gasteiger partial charge in [-0.2, -0.15) is 0 Å². The lowest BCUT2D eigenvalue weighted by Crippen LogP contribution is -2.54. The number of aliphatic carboxylic acids is 1. The minimum atomic E-state index is -1.11. The van der Waals surface area contributed by atoms with Gasteiger partial charge in [-0.3, -0.25) is 19.2 Å². The lowest BCUT2D eigenvalue weighted by Gasteiger charge is -2.25. The number of nitrogens with one attached hydrogen (secondary N) is 3. The van der Waals surface area contributed by atoms with Crippen molar-refractivity contribution < 1.29 is 28.7 Å². The van der Waals surface area contributed by atoms with Gasteiger partial charge in [-0.15, -0.1) is 0 Å². The van der Waals surface area contributed by atoms with Crippen LogP contribution in [0.4, 0.5) is 5.69 Å². The average molecular weight is 459 g/mol. The van der Waals surface area contributed by atoms with Gasteiger partial charge >= 0.3 is 11.6 Å². The molecule has 33 heavy (non-hydrogen) atoms. The Hall–Kier alpha value is -3.69. The molecule has 0 bridgehead atoms. The van der Waals surface area contributed by atoms with Crippen LogP contribution in [0, 0.1) is 12.8 Å².